The van der Waals surface area contributed by atoms with Crippen LogP contribution >= 0.6 is 11.6 Å². The quantitative estimate of drug-likeness (QED) is 0.477. The summed E-state index contributed by atoms with van der Waals surface area (Å²) in [5.74, 6) is -0.559. The first-order valence-corrected chi connectivity index (χ1v) is 9.73. The molecule has 0 aliphatic heterocycles. The lowest BCUT2D eigenvalue weighted by atomic mass is 10.1. The van der Waals surface area contributed by atoms with Gasteiger partial charge >= 0.3 is 5.97 Å². The van der Waals surface area contributed by atoms with Crippen LogP contribution in [0.2, 0.25) is 5.02 Å². The molecule has 0 spiro atoms. The fourth-order valence-electron chi connectivity index (χ4n) is 3.20. The number of rotatable bonds is 9. The summed E-state index contributed by atoms with van der Waals surface area (Å²) in [5.41, 5.74) is 2.87. The van der Waals surface area contributed by atoms with Crippen molar-refractivity contribution >= 4 is 34.9 Å². The maximum absolute atomic E-state index is 12.8. The van der Waals surface area contributed by atoms with E-state index in [9.17, 15) is 14.4 Å². The second kappa shape index (κ2) is 10.2. The molecule has 29 heavy (non-hydrogen) atoms. The fourth-order valence-corrected chi connectivity index (χ4v) is 3.38. The Balaban J connectivity index is 1.96. The molecule has 2 rings (SSSR count). The average Bonchev–Trinajstić information content (AvgIpc) is 2.95. The molecule has 1 aromatic heterocycles. The molecule has 8 heteroatoms. The summed E-state index contributed by atoms with van der Waals surface area (Å²) in [6.45, 7) is 4.53. The van der Waals surface area contributed by atoms with E-state index in [1.165, 1.54) is 7.11 Å². The summed E-state index contributed by atoms with van der Waals surface area (Å²) < 4.78 is 6.61. The maximum atomic E-state index is 12.8. The van der Waals surface area contributed by atoms with Crippen molar-refractivity contribution in [3.8, 4) is 0 Å². The molecule has 2 aromatic rings. The van der Waals surface area contributed by atoms with Crippen LogP contribution in [0.25, 0.3) is 0 Å². The van der Waals surface area contributed by atoms with Gasteiger partial charge < -0.3 is 19.5 Å². The van der Waals surface area contributed by atoms with Gasteiger partial charge in [0.25, 0.3) is 5.91 Å². The molecule has 0 aliphatic carbocycles. The maximum Gasteiger partial charge on any atom is 0.307 e. The summed E-state index contributed by atoms with van der Waals surface area (Å²) in [7, 11) is 3.15. The SMILES string of the molecule is COC(=O)CCn1c(C)cc(C(=O)C[NH+](C)CC(=O)Nc2ccccc2Cl)c1C. The van der Waals surface area contributed by atoms with Gasteiger partial charge in [0.05, 0.1) is 31.3 Å². The number of methoxy groups -OCH3 is 1. The number of ketones is 1. The summed E-state index contributed by atoms with van der Waals surface area (Å²) in [5, 5.41) is 3.23. The van der Waals surface area contributed by atoms with Crippen LogP contribution in [0.1, 0.15) is 28.2 Å². The van der Waals surface area contributed by atoms with Gasteiger partial charge in [-0.1, -0.05) is 23.7 Å². The third kappa shape index (κ3) is 6.17. The molecular formula is C21H27ClN3O4+. The number of benzene rings is 1. The van der Waals surface area contributed by atoms with E-state index in [0.29, 0.717) is 22.8 Å². The highest BCUT2D eigenvalue weighted by Gasteiger charge is 2.21. The number of esters is 1. The standard InChI is InChI=1S/C21H26ClN3O4/c1-14-11-16(15(2)25(14)10-9-21(28)29-4)19(26)12-24(3)13-20(27)23-18-8-6-5-7-17(18)22/h5-8,11H,9-10,12-13H2,1-4H3,(H,23,27)/p+1. The predicted molar refractivity (Wildman–Crippen MR) is 112 cm³/mol. The zero-order valence-corrected chi connectivity index (χ0v) is 17.9. The molecule has 1 amide bonds. The number of anilines is 1. The lowest BCUT2D eigenvalue weighted by molar-refractivity contribution is -0.861. The van der Waals surface area contributed by atoms with Gasteiger partial charge in [-0.05, 0) is 32.0 Å². The fraction of sp³-hybridized carbons (Fsp3) is 0.381. The van der Waals surface area contributed by atoms with Gasteiger partial charge in [0.1, 0.15) is 6.54 Å². The van der Waals surface area contributed by atoms with Crippen molar-refractivity contribution in [3.05, 3.63) is 52.3 Å². The van der Waals surface area contributed by atoms with E-state index in [-0.39, 0.29) is 37.2 Å². The largest absolute Gasteiger partial charge is 0.469 e. The Labute approximate surface area is 175 Å². The zero-order valence-electron chi connectivity index (χ0n) is 17.2. The van der Waals surface area contributed by atoms with E-state index in [0.717, 1.165) is 16.3 Å². The molecule has 7 nitrogen and oxygen atoms in total. The Hall–Kier alpha value is -2.64. The predicted octanol–water partition coefficient (Wildman–Crippen LogP) is 1.66. The highest BCUT2D eigenvalue weighted by atomic mass is 35.5. The van der Waals surface area contributed by atoms with Crippen LogP contribution < -0.4 is 10.2 Å². The lowest BCUT2D eigenvalue weighted by Crippen LogP contribution is -3.11. The number of carbonyl (C=O) groups is 3. The van der Waals surface area contributed by atoms with Gasteiger partial charge in [-0.25, -0.2) is 0 Å². The summed E-state index contributed by atoms with van der Waals surface area (Å²) in [4.78, 5) is 37.2. The molecular weight excluding hydrogens is 394 g/mol. The highest BCUT2D eigenvalue weighted by Crippen LogP contribution is 2.20. The number of halogens is 1. The number of ether oxygens (including phenoxy) is 1. The number of nitrogens with zero attached hydrogens (tertiary/aromatic N) is 1. The minimum Gasteiger partial charge on any atom is -0.469 e. The summed E-state index contributed by atoms with van der Waals surface area (Å²) in [6.07, 6.45) is 0.244. The normalized spacial score (nSPS) is 11.8. The van der Waals surface area contributed by atoms with Crippen LogP contribution in [0, 0.1) is 13.8 Å². The van der Waals surface area contributed by atoms with Crippen molar-refractivity contribution < 1.29 is 24.0 Å². The van der Waals surface area contributed by atoms with Gasteiger partial charge in [0.2, 0.25) is 5.78 Å². The number of nitrogens with one attached hydrogen (secondary N) is 2. The van der Waals surface area contributed by atoms with Gasteiger partial charge in [-0.15, -0.1) is 0 Å². The molecule has 0 saturated heterocycles. The summed E-state index contributed by atoms with van der Waals surface area (Å²) in [6, 6.07) is 8.83. The number of aryl methyl sites for hydroxylation is 1. The number of likely N-dealkylation sites (N-methyl/N-ethyl adjacent to an activating group) is 1. The van der Waals surface area contributed by atoms with E-state index in [4.69, 9.17) is 11.6 Å². The lowest BCUT2D eigenvalue weighted by Gasteiger charge is -2.14. The smallest absolute Gasteiger partial charge is 0.307 e. The number of hydrogen-bond acceptors (Lipinski definition) is 4. The minimum atomic E-state index is -0.293. The molecule has 0 fully saturated rings. The van der Waals surface area contributed by atoms with Crippen LogP contribution in [0.5, 0.6) is 0 Å². The highest BCUT2D eigenvalue weighted by molar-refractivity contribution is 6.33. The number of Topliss-reactive ketones (excluding diaryl/α,β-unsaturated/α-hetero) is 1. The van der Waals surface area contributed by atoms with Gasteiger partial charge in [-0.2, -0.15) is 0 Å². The van der Waals surface area contributed by atoms with Crippen LogP contribution in [-0.2, 0) is 20.9 Å². The molecule has 1 unspecified atom stereocenters. The first kappa shape index (κ1) is 22.6. The molecule has 1 atom stereocenters. The molecule has 0 radical (unpaired) electrons. The van der Waals surface area contributed by atoms with Crippen molar-refractivity contribution in [2.24, 2.45) is 0 Å². The third-order valence-corrected chi connectivity index (χ3v) is 5.04. The van der Waals surface area contributed by atoms with Crippen molar-refractivity contribution in [2.75, 3.05) is 32.6 Å². The van der Waals surface area contributed by atoms with E-state index in [1.54, 1.807) is 31.3 Å². The Morgan fingerprint density at radius 3 is 2.52 bits per heavy atom. The Kier molecular flexibility index (Phi) is 7.99. The van der Waals surface area contributed by atoms with E-state index in [2.05, 4.69) is 10.1 Å². The van der Waals surface area contributed by atoms with Gasteiger partial charge in [-0.3, -0.25) is 14.4 Å². The molecule has 0 aliphatic rings. The van der Waals surface area contributed by atoms with E-state index >= 15 is 0 Å². The Morgan fingerprint density at radius 1 is 1.17 bits per heavy atom. The number of para-hydroxylation sites is 1. The molecule has 1 heterocycles. The molecule has 156 valence electrons. The first-order chi connectivity index (χ1) is 13.7. The van der Waals surface area contributed by atoms with E-state index < -0.39 is 0 Å². The third-order valence-electron chi connectivity index (χ3n) is 4.71. The number of amides is 1. The number of hydrogen-bond donors (Lipinski definition) is 2. The molecule has 2 N–H and O–H groups in total. The Bertz CT molecular complexity index is 907. The van der Waals surface area contributed by atoms with Crippen LogP contribution in [0.4, 0.5) is 5.69 Å². The Morgan fingerprint density at radius 2 is 1.86 bits per heavy atom. The van der Waals surface area contributed by atoms with Gasteiger partial charge in [0.15, 0.2) is 6.54 Å². The van der Waals surface area contributed by atoms with Crippen LogP contribution in [0.3, 0.4) is 0 Å². The number of carbonyl (C=O) groups excluding carboxylic acids is 3. The first-order valence-electron chi connectivity index (χ1n) is 9.35. The van der Waals surface area contributed by atoms with Crippen molar-refractivity contribution in [1.29, 1.82) is 0 Å². The topological polar surface area (TPSA) is 81.8 Å². The number of aromatic nitrogens is 1. The van der Waals surface area contributed by atoms with Crippen LogP contribution in [-0.4, -0.2) is 49.5 Å². The second-order valence-corrected chi connectivity index (χ2v) is 7.43. The molecule has 1 aromatic carbocycles. The van der Waals surface area contributed by atoms with Gasteiger partial charge in [0, 0.05) is 23.5 Å². The zero-order chi connectivity index (χ0) is 21.6. The van der Waals surface area contributed by atoms with Crippen molar-refractivity contribution in [1.82, 2.24) is 4.57 Å². The van der Waals surface area contributed by atoms with E-state index in [1.807, 2.05) is 24.5 Å². The van der Waals surface area contributed by atoms with Crippen molar-refractivity contribution in [3.63, 3.8) is 0 Å². The minimum absolute atomic E-state index is 0.0505. The molecule has 0 saturated carbocycles. The second-order valence-electron chi connectivity index (χ2n) is 7.02. The van der Waals surface area contributed by atoms with Crippen LogP contribution in [0.15, 0.2) is 30.3 Å². The monoisotopic (exact) mass is 420 g/mol. The molecule has 0 bridgehead atoms. The number of quaternary nitrogens is 1. The average molecular weight is 421 g/mol. The summed E-state index contributed by atoms with van der Waals surface area (Å²) >= 11 is 6.05. The van der Waals surface area contributed by atoms with Crippen molar-refractivity contribution in [2.45, 2.75) is 26.8 Å².